The summed E-state index contributed by atoms with van der Waals surface area (Å²) >= 11 is 0. The van der Waals surface area contributed by atoms with E-state index < -0.39 is 158 Å². The van der Waals surface area contributed by atoms with Crippen LogP contribution in [0.15, 0.2) is 89.8 Å². The van der Waals surface area contributed by atoms with E-state index in [4.69, 9.17) is 4.74 Å². The molecule has 0 unspecified atom stereocenters. The van der Waals surface area contributed by atoms with E-state index in [9.17, 15) is 61.7 Å². The van der Waals surface area contributed by atoms with Gasteiger partial charge in [0.05, 0.1) is 9.82 Å². The number of sulfonamides is 1. The Hall–Kier alpha value is -9.06. The third-order valence-electron chi connectivity index (χ3n) is 17.6. The number of nitrogens with zero attached hydrogens (tertiary/aromatic N) is 3. The summed E-state index contributed by atoms with van der Waals surface area (Å²) in [6.45, 7) is 18.8. The first-order chi connectivity index (χ1) is 47.6. The molecule has 3 aliphatic heterocycles. The molecule has 0 radical (unpaired) electrons. The second-order valence-corrected chi connectivity index (χ2v) is 30.5. The molecule has 10 N–H and O–H groups in total. The number of nitro groups is 1. The van der Waals surface area contributed by atoms with Gasteiger partial charge in [0.15, 0.2) is 0 Å². The molecule has 30 heteroatoms. The van der Waals surface area contributed by atoms with Gasteiger partial charge in [-0.1, -0.05) is 116 Å². The maximum absolute atomic E-state index is 15.2. The van der Waals surface area contributed by atoms with E-state index in [2.05, 4.69) is 52.6 Å². The number of rotatable bonds is 21. The number of nitrogens with one attached hydrogen (secondary N) is 10. The number of benzene rings is 3. The number of non-ortho nitro benzene ring substituents is 1. The Morgan fingerprint density at radius 3 is 1.28 bits per heavy atom. The van der Waals surface area contributed by atoms with Crippen molar-refractivity contribution in [3.05, 3.63) is 106 Å². The molecule has 3 saturated heterocycles. The lowest BCUT2D eigenvalue weighted by molar-refractivity contribution is -0.384. The third kappa shape index (κ3) is 24.6. The molecule has 101 heavy (non-hydrogen) atoms. The molecule has 554 valence electrons. The Balaban J connectivity index is 1.42. The van der Waals surface area contributed by atoms with Crippen LogP contribution in [0.4, 0.5) is 10.5 Å². The number of hydrogen-bond acceptors (Lipinski definition) is 16. The fourth-order valence-corrected chi connectivity index (χ4v) is 13.5. The molecule has 6 rings (SSSR count). The zero-order valence-electron chi connectivity index (χ0n) is 59.8. The lowest BCUT2D eigenvalue weighted by Crippen LogP contribution is -2.62. The number of carbonyl (C=O) groups excluding carboxylic acids is 11. The van der Waals surface area contributed by atoms with Crippen LogP contribution < -0.4 is 52.6 Å². The quantitative estimate of drug-likeness (QED) is 0.0413. The first-order valence-electron chi connectivity index (χ1n) is 35.0. The van der Waals surface area contributed by atoms with Gasteiger partial charge < -0.3 is 62.4 Å². The molecule has 11 amide bonds. The smallest absolute Gasteiger partial charge is 0.407 e. The van der Waals surface area contributed by atoms with Gasteiger partial charge >= 0.3 is 6.09 Å². The van der Waals surface area contributed by atoms with Crippen molar-refractivity contribution in [2.75, 3.05) is 26.2 Å². The lowest BCUT2D eigenvalue weighted by atomic mass is 9.98. The van der Waals surface area contributed by atoms with Gasteiger partial charge in [-0.15, -0.1) is 0 Å². The number of fused-ring (bicyclic) bond motifs is 2. The summed E-state index contributed by atoms with van der Waals surface area (Å²) in [6, 6.07) is 8.38. The second-order valence-electron chi connectivity index (χ2n) is 28.7. The minimum atomic E-state index is -4.27. The largest absolute Gasteiger partial charge is 0.444 e. The zero-order chi connectivity index (χ0) is 74.5. The summed E-state index contributed by atoms with van der Waals surface area (Å²) in [6.07, 6.45) is -0.235. The highest BCUT2D eigenvalue weighted by Crippen LogP contribution is 2.25. The Morgan fingerprint density at radius 2 is 0.901 bits per heavy atom. The topological polar surface area (TPSA) is 401 Å². The van der Waals surface area contributed by atoms with E-state index in [1.807, 2.05) is 13.8 Å². The van der Waals surface area contributed by atoms with Crippen molar-refractivity contribution in [2.45, 2.75) is 224 Å². The average molecular weight is 1430 g/mol. The summed E-state index contributed by atoms with van der Waals surface area (Å²) in [5, 5.41) is 36.5. The molecule has 0 aliphatic carbocycles. The minimum absolute atomic E-state index is 0.00319. The zero-order valence-corrected chi connectivity index (χ0v) is 60.6. The van der Waals surface area contributed by atoms with Gasteiger partial charge in [-0.25, -0.2) is 17.9 Å². The number of ether oxygens (including phenoxy) is 1. The van der Waals surface area contributed by atoms with Crippen molar-refractivity contribution in [2.24, 2.45) is 23.7 Å². The third-order valence-corrected chi connectivity index (χ3v) is 19.0. The van der Waals surface area contributed by atoms with Crippen LogP contribution in [-0.2, 0) is 75.5 Å². The van der Waals surface area contributed by atoms with Crippen molar-refractivity contribution in [1.82, 2.24) is 62.4 Å². The van der Waals surface area contributed by atoms with Crippen LogP contribution in [0.5, 0.6) is 0 Å². The monoisotopic (exact) mass is 1430 g/mol. The molecule has 29 nitrogen and oxygen atoms in total. The highest BCUT2D eigenvalue weighted by molar-refractivity contribution is 7.89. The predicted octanol–water partition coefficient (Wildman–Crippen LogP) is 3.72. The van der Waals surface area contributed by atoms with Crippen LogP contribution in [0.25, 0.3) is 0 Å². The first kappa shape index (κ1) is 80.9. The predicted molar refractivity (Wildman–Crippen MR) is 375 cm³/mol. The second kappa shape index (κ2) is 37.6. The van der Waals surface area contributed by atoms with Crippen molar-refractivity contribution >= 4 is 80.9 Å². The Bertz CT molecular complexity index is 3500. The number of alkyl carbamates (subject to hydrolysis) is 1. The fourth-order valence-electron chi connectivity index (χ4n) is 12.4. The van der Waals surface area contributed by atoms with E-state index in [1.54, 1.807) is 123 Å². The number of nitro benzene ring substituents is 1. The van der Waals surface area contributed by atoms with E-state index in [-0.39, 0.29) is 113 Å². The van der Waals surface area contributed by atoms with Crippen molar-refractivity contribution in [3.63, 3.8) is 0 Å². The van der Waals surface area contributed by atoms with Gasteiger partial charge in [-0.05, 0) is 132 Å². The number of carbonyl (C=O) groups is 11. The molecule has 0 saturated carbocycles. The minimum Gasteiger partial charge on any atom is -0.444 e. The van der Waals surface area contributed by atoms with Crippen molar-refractivity contribution < 1.29 is 70.8 Å². The highest BCUT2D eigenvalue weighted by atomic mass is 32.2. The Morgan fingerprint density at radius 1 is 0.525 bits per heavy atom. The molecule has 0 bridgehead atoms. The van der Waals surface area contributed by atoms with Gasteiger partial charge in [0.1, 0.15) is 66.0 Å². The molecule has 0 spiro atoms. The van der Waals surface area contributed by atoms with E-state index in [1.165, 1.54) is 9.80 Å². The van der Waals surface area contributed by atoms with Crippen LogP contribution in [0.1, 0.15) is 151 Å². The maximum atomic E-state index is 15.2. The molecule has 3 heterocycles. The Labute approximate surface area is 591 Å². The highest BCUT2D eigenvalue weighted by Gasteiger charge is 2.44. The summed E-state index contributed by atoms with van der Waals surface area (Å²) in [5.41, 5.74) is 0.0956. The molecule has 0 aromatic heterocycles. The average Bonchev–Trinajstić information content (AvgIpc) is 1.74. The Kier molecular flexibility index (Phi) is 30.1. The summed E-state index contributed by atoms with van der Waals surface area (Å²) < 4.78 is 34.7. The van der Waals surface area contributed by atoms with Crippen LogP contribution in [0, 0.1) is 33.8 Å². The molecule has 10 atom stereocenters. The van der Waals surface area contributed by atoms with Gasteiger partial charge in [0.25, 0.3) is 5.69 Å². The normalized spacial score (nSPS) is 24.0. The maximum Gasteiger partial charge on any atom is 0.407 e. The number of hydrogen-bond donors (Lipinski definition) is 10. The fraction of sp³-hybridized carbons (Fsp3) is 0.592. The molecule has 3 fully saturated rings. The summed E-state index contributed by atoms with van der Waals surface area (Å²) in [5.74, 6) is -9.48. The molecule has 3 aromatic carbocycles. The van der Waals surface area contributed by atoms with Crippen molar-refractivity contribution in [1.29, 1.82) is 0 Å². The van der Waals surface area contributed by atoms with Gasteiger partial charge in [0.2, 0.25) is 69.1 Å². The molecule has 3 aromatic rings. The van der Waals surface area contributed by atoms with Crippen LogP contribution >= 0.6 is 0 Å². The van der Waals surface area contributed by atoms with Crippen LogP contribution in [0.3, 0.4) is 0 Å². The summed E-state index contributed by atoms with van der Waals surface area (Å²) in [4.78, 5) is 175. The van der Waals surface area contributed by atoms with E-state index in [0.29, 0.717) is 24.0 Å². The van der Waals surface area contributed by atoms with Gasteiger partial charge in [0, 0.05) is 51.2 Å². The number of amides is 11. The van der Waals surface area contributed by atoms with Crippen LogP contribution in [-0.4, -0.2) is 181 Å². The van der Waals surface area contributed by atoms with Crippen LogP contribution in [0.2, 0.25) is 0 Å². The molecule has 3 aliphatic rings. The van der Waals surface area contributed by atoms with Gasteiger partial charge in [-0.3, -0.25) is 58.1 Å². The first-order valence-corrected chi connectivity index (χ1v) is 36.4. The van der Waals surface area contributed by atoms with E-state index in [0.717, 1.165) is 24.3 Å². The van der Waals surface area contributed by atoms with E-state index >= 15 is 9.59 Å². The molecular formula is C71H103N13O16S. The summed E-state index contributed by atoms with van der Waals surface area (Å²) in [7, 11) is -4.27. The molecular weight excluding hydrogens is 1320 g/mol. The van der Waals surface area contributed by atoms with Gasteiger partial charge in [-0.2, -0.15) is 0 Å². The standard InChI is InChI=1S/C71H103N13O16S/c1-42(2)38-52-62(87)78-54(40-46-22-14-12-15-23-46)68(93)83-37-21-29-57(83)65(90)81-59(45(7)8)67(92)75-51(27-19-35-73-101(98,99)49-32-30-48(31-33-49)84(96)97)61(86)77-53(39-43(3)4)63(88)79-55(41-47-24-16-13-17-25-47)69(94)82-36-20-28-56(82)64(89)80-58(44(5)6)66(91)74-50(60(85)76-52)26-18-34-72-70(95)100-71(9,10)11/h12-17,22-25,30-33,42-45,50-59,73H,18-21,26-29,34-41H2,1-11H3,(H,72,95)(H,74,91)(H,75,92)(H,76,85)(H,77,86)(H,78,87)(H,79,88)(H,80,89)(H,81,90)/t50-,51-,52-,53-,54+,55+,56-,57-,58-,59-/m0/s1. The SMILES string of the molecule is CC(C)C[C@@H]1NC(=O)[C@H](CCCNC(=O)OC(C)(C)C)NC(=O)[C@H](C(C)C)NC(=O)[C@@H]2CCCN2C(=O)[C@@H](Cc2ccccc2)NC(=O)[C@H](CC(C)C)NC(=O)[C@H](CCCNS(=O)(=O)c2ccc([N+](=O)[O-])cc2)NC(=O)[C@H](C(C)C)NC(=O)[C@@H]2CCCN2C(=O)[C@@H](Cc2ccccc2)NC1=O. The lowest BCUT2D eigenvalue weighted by Gasteiger charge is -2.33. The van der Waals surface area contributed by atoms with Crippen molar-refractivity contribution in [3.8, 4) is 0 Å².